The minimum Gasteiger partial charge on any atom is -0.394 e. The molecule has 2 N–H and O–H groups in total. The van der Waals surface area contributed by atoms with E-state index in [1.807, 2.05) is 6.92 Å². The Kier molecular flexibility index (Phi) is 4.08. The van der Waals surface area contributed by atoms with Gasteiger partial charge in [0.25, 0.3) is 11.6 Å². The summed E-state index contributed by atoms with van der Waals surface area (Å²) < 4.78 is 1.55. The SMILES string of the molecule is CCn1cc([N+](=O)[O-])cc1C(=O)NC1(CO)CCCC1. The lowest BCUT2D eigenvalue weighted by molar-refractivity contribution is -0.384. The number of nitrogens with one attached hydrogen (secondary N) is 1. The highest BCUT2D eigenvalue weighted by atomic mass is 16.6. The van der Waals surface area contributed by atoms with E-state index in [1.54, 1.807) is 4.57 Å². The highest BCUT2D eigenvalue weighted by Gasteiger charge is 2.35. The minimum absolute atomic E-state index is 0.0959. The van der Waals surface area contributed by atoms with Crippen LogP contribution in [-0.2, 0) is 6.54 Å². The monoisotopic (exact) mass is 281 g/mol. The molecule has 0 bridgehead atoms. The van der Waals surface area contributed by atoms with Crippen molar-refractivity contribution in [2.45, 2.75) is 44.7 Å². The van der Waals surface area contributed by atoms with Crippen molar-refractivity contribution in [2.75, 3.05) is 6.61 Å². The number of hydrogen-bond donors (Lipinski definition) is 2. The Balaban J connectivity index is 2.22. The Bertz CT molecular complexity index is 518. The van der Waals surface area contributed by atoms with Crippen LogP contribution < -0.4 is 5.32 Å². The Morgan fingerprint density at radius 3 is 2.70 bits per heavy atom. The minimum atomic E-state index is -0.575. The molecule has 0 atom stereocenters. The standard InChI is InChI=1S/C13H19N3O4/c1-2-15-8-10(16(19)20)7-11(15)12(18)14-13(9-17)5-3-4-6-13/h7-8,17H,2-6,9H2,1H3,(H,14,18). The zero-order valence-corrected chi connectivity index (χ0v) is 11.5. The molecule has 1 aromatic heterocycles. The van der Waals surface area contributed by atoms with Crippen molar-refractivity contribution in [1.82, 2.24) is 9.88 Å². The fourth-order valence-electron chi connectivity index (χ4n) is 2.73. The highest BCUT2D eigenvalue weighted by Crippen LogP contribution is 2.29. The van der Waals surface area contributed by atoms with Gasteiger partial charge in [0.15, 0.2) is 0 Å². The molecule has 0 aliphatic heterocycles. The number of nitro groups is 1. The third kappa shape index (κ3) is 2.67. The molecule has 7 heteroatoms. The molecule has 1 aliphatic rings. The smallest absolute Gasteiger partial charge is 0.287 e. The van der Waals surface area contributed by atoms with Crippen molar-refractivity contribution in [3.63, 3.8) is 0 Å². The molecule has 7 nitrogen and oxygen atoms in total. The molecule has 0 unspecified atom stereocenters. The topological polar surface area (TPSA) is 97.4 Å². The lowest BCUT2D eigenvalue weighted by atomic mass is 9.99. The van der Waals surface area contributed by atoms with E-state index in [9.17, 15) is 20.0 Å². The molecular weight excluding hydrogens is 262 g/mol. The van der Waals surface area contributed by atoms with E-state index < -0.39 is 10.5 Å². The van der Waals surface area contributed by atoms with Crippen LogP contribution in [0.3, 0.4) is 0 Å². The number of carbonyl (C=O) groups excluding carboxylic acids is 1. The fourth-order valence-corrected chi connectivity index (χ4v) is 2.73. The van der Waals surface area contributed by atoms with Crippen molar-refractivity contribution in [3.05, 3.63) is 28.1 Å². The average Bonchev–Trinajstić information content (AvgIpc) is 3.05. The first-order chi connectivity index (χ1) is 9.51. The van der Waals surface area contributed by atoms with Gasteiger partial charge in [-0.25, -0.2) is 0 Å². The van der Waals surface area contributed by atoms with Crippen molar-refractivity contribution in [2.24, 2.45) is 0 Å². The van der Waals surface area contributed by atoms with Crippen molar-refractivity contribution < 1.29 is 14.8 Å². The molecule has 0 radical (unpaired) electrons. The van der Waals surface area contributed by atoms with Crippen LogP contribution in [0, 0.1) is 10.1 Å². The van der Waals surface area contributed by atoms with Gasteiger partial charge in [-0.05, 0) is 19.8 Å². The fraction of sp³-hybridized carbons (Fsp3) is 0.615. The predicted octanol–water partition coefficient (Wildman–Crippen LogP) is 1.45. The van der Waals surface area contributed by atoms with E-state index >= 15 is 0 Å². The number of nitrogens with zero attached hydrogens (tertiary/aromatic N) is 2. The summed E-state index contributed by atoms with van der Waals surface area (Å²) in [4.78, 5) is 22.6. The van der Waals surface area contributed by atoms with Crippen LogP contribution >= 0.6 is 0 Å². The zero-order valence-electron chi connectivity index (χ0n) is 11.5. The second-order valence-electron chi connectivity index (χ2n) is 5.23. The van der Waals surface area contributed by atoms with Crippen molar-refractivity contribution in [1.29, 1.82) is 0 Å². The third-order valence-corrected chi connectivity index (χ3v) is 3.91. The van der Waals surface area contributed by atoms with Crippen LogP contribution in [0.1, 0.15) is 43.1 Å². The van der Waals surface area contributed by atoms with Gasteiger partial charge in [-0.2, -0.15) is 0 Å². The molecule has 0 aromatic carbocycles. The summed E-state index contributed by atoms with van der Waals surface area (Å²) in [5.74, 6) is -0.365. The normalized spacial score (nSPS) is 17.1. The maximum atomic E-state index is 12.3. The van der Waals surface area contributed by atoms with Gasteiger partial charge in [0.05, 0.1) is 23.3 Å². The summed E-state index contributed by atoms with van der Waals surface area (Å²) in [5.41, 5.74) is -0.408. The summed E-state index contributed by atoms with van der Waals surface area (Å²) in [6.45, 7) is 2.19. The van der Waals surface area contributed by atoms with Gasteiger partial charge in [0.1, 0.15) is 5.69 Å². The Labute approximate surface area is 116 Å². The Morgan fingerprint density at radius 2 is 2.20 bits per heavy atom. The second kappa shape index (κ2) is 5.62. The predicted molar refractivity (Wildman–Crippen MR) is 72.5 cm³/mol. The largest absolute Gasteiger partial charge is 0.394 e. The van der Waals surface area contributed by atoms with E-state index in [1.165, 1.54) is 12.3 Å². The molecule has 20 heavy (non-hydrogen) atoms. The van der Waals surface area contributed by atoms with Gasteiger partial charge in [-0.15, -0.1) is 0 Å². The molecular formula is C13H19N3O4. The first kappa shape index (κ1) is 14.5. The number of amides is 1. The van der Waals surface area contributed by atoms with Gasteiger partial charge in [0.2, 0.25) is 0 Å². The molecule has 1 amide bonds. The molecule has 1 aliphatic carbocycles. The quantitative estimate of drug-likeness (QED) is 0.630. The summed E-state index contributed by atoms with van der Waals surface area (Å²) >= 11 is 0. The van der Waals surface area contributed by atoms with E-state index in [0.717, 1.165) is 25.7 Å². The van der Waals surface area contributed by atoms with E-state index in [4.69, 9.17) is 0 Å². The lowest BCUT2D eigenvalue weighted by Crippen LogP contribution is -2.49. The average molecular weight is 281 g/mol. The van der Waals surface area contributed by atoms with Crippen LogP contribution in [0.15, 0.2) is 12.3 Å². The van der Waals surface area contributed by atoms with Gasteiger partial charge in [-0.3, -0.25) is 14.9 Å². The van der Waals surface area contributed by atoms with Crippen molar-refractivity contribution >= 4 is 11.6 Å². The van der Waals surface area contributed by atoms with E-state index in [-0.39, 0.29) is 23.9 Å². The molecule has 110 valence electrons. The van der Waals surface area contributed by atoms with Crippen LogP contribution in [0.4, 0.5) is 5.69 Å². The Morgan fingerprint density at radius 1 is 1.55 bits per heavy atom. The molecule has 1 fully saturated rings. The number of carbonyl (C=O) groups is 1. The third-order valence-electron chi connectivity index (χ3n) is 3.91. The van der Waals surface area contributed by atoms with Gasteiger partial charge in [0, 0.05) is 12.6 Å². The maximum Gasteiger partial charge on any atom is 0.287 e. The van der Waals surface area contributed by atoms with Gasteiger partial charge < -0.3 is 15.0 Å². The summed E-state index contributed by atoms with van der Waals surface area (Å²) in [7, 11) is 0. The summed E-state index contributed by atoms with van der Waals surface area (Å²) in [5, 5.41) is 23.1. The first-order valence-electron chi connectivity index (χ1n) is 6.79. The molecule has 0 saturated heterocycles. The first-order valence-corrected chi connectivity index (χ1v) is 6.79. The molecule has 1 aromatic rings. The van der Waals surface area contributed by atoms with Gasteiger partial charge >= 0.3 is 0 Å². The molecule has 2 rings (SSSR count). The maximum absolute atomic E-state index is 12.3. The number of aliphatic hydroxyl groups is 1. The van der Waals surface area contributed by atoms with Crippen LogP contribution in [0.25, 0.3) is 0 Å². The van der Waals surface area contributed by atoms with Crippen LogP contribution in [0.5, 0.6) is 0 Å². The van der Waals surface area contributed by atoms with Gasteiger partial charge in [-0.1, -0.05) is 12.8 Å². The molecule has 1 heterocycles. The summed E-state index contributed by atoms with van der Waals surface area (Å²) in [6, 6.07) is 1.28. The zero-order chi connectivity index (χ0) is 14.8. The van der Waals surface area contributed by atoms with Crippen molar-refractivity contribution in [3.8, 4) is 0 Å². The molecule has 1 saturated carbocycles. The molecule has 0 spiro atoms. The number of aromatic nitrogens is 1. The number of aryl methyl sites for hydroxylation is 1. The van der Waals surface area contributed by atoms with E-state index in [0.29, 0.717) is 6.54 Å². The number of rotatable bonds is 5. The van der Waals surface area contributed by atoms with E-state index in [2.05, 4.69) is 5.32 Å². The van der Waals surface area contributed by atoms with Crippen LogP contribution in [-0.4, -0.2) is 32.6 Å². The number of aliphatic hydroxyl groups excluding tert-OH is 1. The number of hydrogen-bond acceptors (Lipinski definition) is 4. The summed E-state index contributed by atoms with van der Waals surface area (Å²) in [6.07, 6.45) is 4.77. The Hall–Kier alpha value is -1.89. The van der Waals surface area contributed by atoms with Crippen LogP contribution in [0.2, 0.25) is 0 Å². The highest BCUT2D eigenvalue weighted by molar-refractivity contribution is 5.94. The second-order valence-corrected chi connectivity index (χ2v) is 5.23. The lowest BCUT2D eigenvalue weighted by Gasteiger charge is -2.28.